The summed E-state index contributed by atoms with van der Waals surface area (Å²) in [5.41, 5.74) is 0.00174. The van der Waals surface area contributed by atoms with Crippen molar-refractivity contribution in [1.82, 2.24) is 4.90 Å². The minimum atomic E-state index is 0.00174. The van der Waals surface area contributed by atoms with E-state index in [0.29, 0.717) is 0 Å². The lowest BCUT2D eigenvalue weighted by atomic mass is 9.89. The lowest BCUT2D eigenvalue weighted by Gasteiger charge is -2.44. The highest BCUT2D eigenvalue weighted by atomic mass is 16.5. The van der Waals surface area contributed by atoms with Gasteiger partial charge in [0.2, 0.25) is 0 Å². The van der Waals surface area contributed by atoms with Crippen molar-refractivity contribution >= 4 is 0 Å². The van der Waals surface area contributed by atoms with Gasteiger partial charge in [0.15, 0.2) is 0 Å². The summed E-state index contributed by atoms with van der Waals surface area (Å²) in [6.07, 6.45) is 1.93. The molecule has 0 unspecified atom stereocenters. The van der Waals surface area contributed by atoms with E-state index < -0.39 is 0 Å². The molecule has 1 saturated heterocycles. The first-order chi connectivity index (χ1) is 6.29. The molecule has 1 aliphatic heterocycles. The smallest absolute Gasteiger partial charge is 0.0617 e. The summed E-state index contributed by atoms with van der Waals surface area (Å²) in [7, 11) is 0. The van der Waals surface area contributed by atoms with Gasteiger partial charge in [0.05, 0.1) is 6.61 Å². The van der Waals surface area contributed by atoms with Gasteiger partial charge in [-0.2, -0.15) is 0 Å². The van der Waals surface area contributed by atoms with Gasteiger partial charge in [0, 0.05) is 18.8 Å². The average molecular weight is 187 g/mol. The first-order valence-corrected chi connectivity index (χ1v) is 5.22. The maximum absolute atomic E-state index is 9.48. The molecule has 3 heteroatoms. The second kappa shape index (κ2) is 4.94. The zero-order valence-electron chi connectivity index (χ0n) is 8.75. The summed E-state index contributed by atoms with van der Waals surface area (Å²) in [6.45, 7) is 8.16. The van der Waals surface area contributed by atoms with Crippen LogP contribution >= 0.6 is 0 Å². The van der Waals surface area contributed by atoms with E-state index in [2.05, 4.69) is 18.7 Å². The third kappa shape index (κ3) is 2.22. The SMILES string of the molecule is CCN(CC)C1(CO)CCOCC1. The second-order valence-corrected chi connectivity index (χ2v) is 3.67. The molecule has 0 bridgehead atoms. The molecule has 78 valence electrons. The number of aliphatic hydroxyl groups excluding tert-OH is 1. The molecule has 0 radical (unpaired) electrons. The third-order valence-electron chi connectivity index (χ3n) is 3.15. The minimum Gasteiger partial charge on any atom is -0.394 e. The molecule has 0 spiro atoms. The molecule has 1 fully saturated rings. The van der Waals surface area contributed by atoms with E-state index in [9.17, 15) is 5.11 Å². The Hall–Kier alpha value is -0.120. The van der Waals surface area contributed by atoms with E-state index in [4.69, 9.17) is 4.74 Å². The predicted molar refractivity (Wildman–Crippen MR) is 52.8 cm³/mol. The summed E-state index contributed by atoms with van der Waals surface area (Å²) in [5, 5.41) is 9.48. The van der Waals surface area contributed by atoms with Gasteiger partial charge in [-0.05, 0) is 25.9 Å². The maximum Gasteiger partial charge on any atom is 0.0617 e. The molecule has 13 heavy (non-hydrogen) atoms. The fourth-order valence-electron chi connectivity index (χ4n) is 2.22. The van der Waals surface area contributed by atoms with Crippen LogP contribution in [-0.4, -0.2) is 48.5 Å². The maximum atomic E-state index is 9.48. The van der Waals surface area contributed by atoms with Crippen LogP contribution in [-0.2, 0) is 4.74 Å². The second-order valence-electron chi connectivity index (χ2n) is 3.67. The Morgan fingerprint density at radius 3 is 2.15 bits per heavy atom. The number of nitrogens with zero attached hydrogens (tertiary/aromatic N) is 1. The molecule has 0 atom stereocenters. The molecule has 1 aliphatic rings. The van der Waals surface area contributed by atoms with Crippen LogP contribution in [0.5, 0.6) is 0 Å². The largest absolute Gasteiger partial charge is 0.394 e. The quantitative estimate of drug-likeness (QED) is 0.709. The van der Waals surface area contributed by atoms with Crippen LogP contribution in [0.2, 0.25) is 0 Å². The van der Waals surface area contributed by atoms with E-state index >= 15 is 0 Å². The fraction of sp³-hybridized carbons (Fsp3) is 1.00. The van der Waals surface area contributed by atoms with Gasteiger partial charge in [-0.25, -0.2) is 0 Å². The van der Waals surface area contributed by atoms with Crippen molar-refractivity contribution in [2.45, 2.75) is 32.2 Å². The summed E-state index contributed by atoms with van der Waals surface area (Å²) < 4.78 is 5.33. The molecular weight excluding hydrogens is 166 g/mol. The van der Waals surface area contributed by atoms with Crippen molar-refractivity contribution in [2.24, 2.45) is 0 Å². The van der Waals surface area contributed by atoms with Crippen molar-refractivity contribution in [3.05, 3.63) is 0 Å². The van der Waals surface area contributed by atoms with Gasteiger partial charge in [0.1, 0.15) is 0 Å². The van der Waals surface area contributed by atoms with Crippen molar-refractivity contribution < 1.29 is 9.84 Å². The zero-order valence-corrected chi connectivity index (χ0v) is 8.75. The van der Waals surface area contributed by atoms with Crippen LogP contribution in [0.15, 0.2) is 0 Å². The first-order valence-electron chi connectivity index (χ1n) is 5.22. The molecule has 0 aromatic heterocycles. The Morgan fingerprint density at radius 2 is 1.77 bits per heavy atom. The molecule has 0 amide bonds. The molecule has 0 aliphatic carbocycles. The van der Waals surface area contributed by atoms with Crippen LogP contribution in [0.25, 0.3) is 0 Å². The summed E-state index contributed by atoms with van der Waals surface area (Å²) in [4.78, 5) is 2.36. The van der Waals surface area contributed by atoms with E-state index in [1.165, 1.54) is 0 Å². The molecule has 1 N–H and O–H groups in total. The van der Waals surface area contributed by atoms with Crippen molar-refractivity contribution in [1.29, 1.82) is 0 Å². The molecule has 1 rings (SSSR count). The van der Waals surface area contributed by atoms with E-state index in [-0.39, 0.29) is 12.1 Å². The van der Waals surface area contributed by atoms with Crippen molar-refractivity contribution in [3.8, 4) is 0 Å². The Balaban J connectivity index is 2.64. The highest BCUT2D eigenvalue weighted by Gasteiger charge is 2.36. The lowest BCUT2D eigenvalue weighted by Crippen LogP contribution is -2.54. The normalized spacial score (nSPS) is 22.2. The van der Waals surface area contributed by atoms with Crippen LogP contribution in [0.3, 0.4) is 0 Å². The lowest BCUT2D eigenvalue weighted by molar-refractivity contribution is -0.0527. The molecule has 0 aromatic rings. The van der Waals surface area contributed by atoms with Gasteiger partial charge in [-0.3, -0.25) is 4.90 Å². The van der Waals surface area contributed by atoms with E-state index in [1.54, 1.807) is 0 Å². The topological polar surface area (TPSA) is 32.7 Å². The fourth-order valence-corrected chi connectivity index (χ4v) is 2.22. The van der Waals surface area contributed by atoms with Crippen LogP contribution in [0.1, 0.15) is 26.7 Å². The van der Waals surface area contributed by atoms with Crippen molar-refractivity contribution in [2.75, 3.05) is 32.9 Å². The number of hydrogen-bond donors (Lipinski definition) is 1. The molecule has 0 saturated carbocycles. The monoisotopic (exact) mass is 187 g/mol. The third-order valence-corrected chi connectivity index (χ3v) is 3.15. The summed E-state index contributed by atoms with van der Waals surface area (Å²) in [5.74, 6) is 0. The zero-order chi connectivity index (χ0) is 9.73. The number of hydrogen-bond acceptors (Lipinski definition) is 3. The van der Waals surface area contributed by atoms with Gasteiger partial charge in [0.25, 0.3) is 0 Å². The Kier molecular flexibility index (Phi) is 4.16. The predicted octanol–water partition coefficient (Wildman–Crippen LogP) is 0.870. The van der Waals surface area contributed by atoms with Gasteiger partial charge in [-0.15, -0.1) is 0 Å². The number of aliphatic hydroxyl groups is 1. The molecular formula is C10H21NO2. The van der Waals surface area contributed by atoms with Crippen molar-refractivity contribution in [3.63, 3.8) is 0 Å². The number of likely N-dealkylation sites (N-methyl/N-ethyl adjacent to an activating group) is 1. The van der Waals surface area contributed by atoms with Crippen LogP contribution in [0, 0.1) is 0 Å². The molecule has 0 aromatic carbocycles. The summed E-state index contributed by atoms with van der Waals surface area (Å²) >= 11 is 0. The number of ether oxygens (including phenoxy) is 1. The minimum absolute atomic E-state index is 0.00174. The number of rotatable bonds is 4. The Labute approximate surface area is 80.7 Å². The summed E-state index contributed by atoms with van der Waals surface area (Å²) in [6, 6.07) is 0. The van der Waals surface area contributed by atoms with E-state index in [0.717, 1.165) is 39.1 Å². The highest BCUT2D eigenvalue weighted by molar-refractivity contribution is 4.91. The highest BCUT2D eigenvalue weighted by Crippen LogP contribution is 2.26. The van der Waals surface area contributed by atoms with Gasteiger partial charge >= 0.3 is 0 Å². The molecule has 3 nitrogen and oxygen atoms in total. The van der Waals surface area contributed by atoms with Crippen LogP contribution in [0.4, 0.5) is 0 Å². The standard InChI is InChI=1S/C10H21NO2/c1-3-11(4-2)10(9-12)5-7-13-8-6-10/h12H,3-9H2,1-2H3. The first kappa shape index (κ1) is 11.0. The van der Waals surface area contributed by atoms with Gasteiger partial charge in [-0.1, -0.05) is 13.8 Å². The average Bonchev–Trinajstić information content (AvgIpc) is 2.21. The van der Waals surface area contributed by atoms with Crippen LogP contribution < -0.4 is 0 Å². The van der Waals surface area contributed by atoms with Gasteiger partial charge < -0.3 is 9.84 Å². The Morgan fingerprint density at radius 1 is 1.23 bits per heavy atom. The van der Waals surface area contributed by atoms with E-state index in [1.807, 2.05) is 0 Å². The Bertz CT molecular complexity index is 140. The molecule has 1 heterocycles.